The lowest BCUT2D eigenvalue weighted by Gasteiger charge is -2.17. The molecular formula is C15H17NO. The predicted octanol–water partition coefficient (Wildman–Crippen LogP) is 2.65. The van der Waals surface area contributed by atoms with Crippen LogP contribution < -0.4 is 5.32 Å². The Labute approximate surface area is 102 Å². The maximum atomic E-state index is 12.2. The van der Waals surface area contributed by atoms with Crippen molar-refractivity contribution in [1.82, 2.24) is 5.32 Å². The van der Waals surface area contributed by atoms with Crippen LogP contribution in [0.15, 0.2) is 46.1 Å². The highest BCUT2D eigenvalue weighted by atomic mass is 16.1. The average molecular weight is 227 g/mol. The van der Waals surface area contributed by atoms with Gasteiger partial charge in [0.25, 0.3) is 5.91 Å². The standard InChI is InChI=1S/C15H17NO/c1-8(2)9(3)16-15(17)12-5-4-11-13-6-10(13)7-14(11)12/h4-5,7-9H,6H2,1-3H3,(H,16,17)/t9-/m1/s1. The van der Waals surface area contributed by atoms with E-state index in [1.54, 1.807) is 0 Å². The molecule has 1 atom stereocenters. The quantitative estimate of drug-likeness (QED) is 0.789. The Morgan fingerprint density at radius 1 is 1.24 bits per heavy atom. The minimum absolute atomic E-state index is 0.0613. The topological polar surface area (TPSA) is 29.1 Å². The molecule has 0 aromatic carbocycles. The zero-order chi connectivity index (χ0) is 12.2. The van der Waals surface area contributed by atoms with Gasteiger partial charge in [-0.15, -0.1) is 0 Å². The van der Waals surface area contributed by atoms with Crippen molar-refractivity contribution in [3.05, 3.63) is 46.1 Å². The minimum atomic E-state index is 0.0613. The number of allylic oxidation sites excluding steroid dienone is 6. The molecule has 3 rings (SSSR count). The van der Waals surface area contributed by atoms with Crippen molar-refractivity contribution < 1.29 is 4.79 Å². The highest BCUT2D eigenvalue weighted by Gasteiger charge is 2.35. The SMILES string of the molecule is CC(C)[C@@H](C)NC(=O)C1=C2C=C3CC3=C2C=C1. The van der Waals surface area contributed by atoms with Crippen molar-refractivity contribution in [2.24, 2.45) is 5.92 Å². The fourth-order valence-corrected chi connectivity index (χ4v) is 2.29. The van der Waals surface area contributed by atoms with Gasteiger partial charge < -0.3 is 5.32 Å². The highest BCUT2D eigenvalue weighted by Crippen LogP contribution is 2.51. The summed E-state index contributed by atoms with van der Waals surface area (Å²) in [5.74, 6) is 0.522. The lowest BCUT2D eigenvalue weighted by molar-refractivity contribution is -0.118. The van der Waals surface area contributed by atoms with Gasteiger partial charge in [0, 0.05) is 11.6 Å². The molecule has 1 fully saturated rings. The first-order valence-electron chi connectivity index (χ1n) is 6.25. The molecule has 2 nitrogen and oxygen atoms in total. The van der Waals surface area contributed by atoms with E-state index in [0.29, 0.717) is 5.92 Å². The highest BCUT2D eigenvalue weighted by molar-refractivity contribution is 6.01. The van der Waals surface area contributed by atoms with Crippen LogP contribution in [-0.2, 0) is 4.79 Å². The van der Waals surface area contributed by atoms with E-state index in [4.69, 9.17) is 0 Å². The van der Waals surface area contributed by atoms with Crippen molar-refractivity contribution in [2.45, 2.75) is 33.2 Å². The maximum absolute atomic E-state index is 12.2. The fraction of sp³-hybridized carbons (Fsp3) is 0.400. The number of hydrogen-bond donors (Lipinski definition) is 1. The van der Waals surface area contributed by atoms with E-state index in [-0.39, 0.29) is 11.9 Å². The average Bonchev–Trinajstić information content (AvgIpc) is 2.76. The molecule has 0 heterocycles. The summed E-state index contributed by atoms with van der Waals surface area (Å²) in [6.45, 7) is 6.29. The Balaban J connectivity index is 1.81. The van der Waals surface area contributed by atoms with Crippen LogP contribution in [0.1, 0.15) is 27.2 Å². The summed E-state index contributed by atoms with van der Waals surface area (Å²) in [6, 6.07) is 0.212. The number of rotatable bonds is 3. The van der Waals surface area contributed by atoms with E-state index in [1.807, 2.05) is 6.08 Å². The molecule has 0 spiro atoms. The zero-order valence-corrected chi connectivity index (χ0v) is 10.5. The third-order valence-corrected chi connectivity index (χ3v) is 3.87. The van der Waals surface area contributed by atoms with Crippen molar-refractivity contribution >= 4 is 5.91 Å². The molecular weight excluding hydrogens is 210 g/mol. The number of carbonyl (C=O) groups excluding carboxylic acids is 1. The minimum Gasteiger partial charge on any atom is -0.349 e. The molecule has 3 aliphatic carbocycles. The summed E-state index contributed by atoms with van der Waals surface area (Å²) < 4.78 is 0. The van der Waals surface area contributed by atoms with Gasteiger partial charge in [-0.1, -0.05) is 19.9 Å². The van der Waals surface area contributed by atoms with Gasteiger partial charge in [-0.25, -0.2) is 0 Å². The Morgan fingerprint density at radius 3 is 2.71 bits per heavy atom. The van der Waals surface area contributed by atoms with Gasteiger partial charge in [-0.05, 0) is 53.7 Å². The Kier molecular flexibility index (Phi) is 2.15. The second-order valence-electron chi connectivity index (χ2n) is 5.41. The van der Waals surface area contributed by atoms with Crippen LogP contribution in [0.3, 0.4) is 0 Å². The number of nitrogens with one attached hydrogen (secondary N) is 1. The van der Waals surface area contributed by atoms with Crippen molar-refractivity contribution in [1.29, 1.82) is 0 Å². The molecule has 2 heteroatoms. The number of fused-ring (bicyclic) bond motifs is 2. The van der Waals surface area contributed by atoms with Gasteiger partial charge in [-0.2, -0.15) is 0 Å². The number of carbonyl (C=O) groups is 1. The van der Waals surface area contributed by atoms with E-state index in [1.165, 1.54) is 16.7 Å². The lowest BCUT2D eigenvalue weighted by Crippen LogP contribution is -2.36. The maximum Gasteiger partial charge on any atom is 0.252 e. The smallest absolute Gasteiger partial charge is 0.252 e. The summed E-state index contributed by atoms with van der Waals surface area (Å²) in [4.78, 5) is 12.2. The van der Waals surface area contributed by atoms with Crippen LogP contribution in [0.5, 0.6) is 0 Å². The van der Waals surface area contributed by atoms with Gasteiger partial charge in [0.2, 0.25) is 0 Å². The molecule has 3 aliphatic rings. The molecule has 1 amide bonds. The van der Waals surface area contributed by atoms with Gasteiger partial charge in [-0.3, -0.25) is 4.79 Å². The molecule has 0 aromatic heterocycles. The van der Waals surface area contributed by atoms with Crippen molar-refractivity contribution in [3.8, 4) is 0 Å². The molecule has 0 unspecified atom stereocenters. The van der Waals surface area contributed by atoms with Crippen LogP contribution >= 0.6 is 0 Å². The summed E-state index contributed by atoms with van der Waals surface area (Å²) in [5.41, 5.74) is 6.11. The van der Waals surface area contributed by atoms with Crippen LogP contribution in [0.25, 0.3) is 0 Å². The van der Waals surface area contributed by atoms with Gasteiger partial charge in [0.15, 0.2) is 0 Å². The first kappa shape index (κ1) is 10.6. The summed E-state index contributed by atoms with van der Waals surface area (Å²) in [6.07, 6.45) is 7.32. The van der Waals surface area contributed by atoms with Crippen molar-refractivity contribution in [2.75, 3.05) is 0 Å². The summed E-state index contributed by atoms with van der Waals surface area (Å²) in [5, 5.41) is 3.06. The number of hydrogen-bond acceptors (Lipinski definition) is 1. The Bertz CT molecular complexity index is 529. The monoisotopic (exact) mass is 227 g/mol. The Morgan fingerprint density at radius 2 is 2.00 bits per heavy atom. The summed E-state index contributed by atoms with van der Waals surface area (Å²) in [7, 11) is 0. The van der Waals surface area contributed by atoms with E-state index >= 15 is 0 Å². The normalized spacial score (nSPS) is 21.8. The van der Waals surface area contributed by atoms with E-state index in [0.717, 1.165) is 17.6 Å². The van der Waals surface area contributed by atoms with Crippen LogP contribution in [-0.4, -0.2) is 11.9 Å². The first-order chi connectivity index (χ1) is 8.08. The van der Waals surface area contributed by atoms with Gasteiger partial charge in [0.1, 0.15) is 0 Å². The molecule has 0 saturated heterocycles. The molecule has 0 bridgehead atoms. The fourth-order valence-electron chi connectivity index (χ4n) is 2.29. The van der Waals surface area contributed by atoms with Gasteiger partial charge in [0.05, 0.1) is 0 Å². The lowest BCUT2D eigenvalue weighted by atomic mass is 10.0. The third kappa shape index (κ3) is 1.59. The molecule has 1 saturated carbocycles. The third-order valence-electron chi connectivity index (χ3n) is 3.87. The van der Waals surface area contributed by atoms with E-state index in [9.17, 15) is 4.79 Å². The zero-order valence-electron chi connectivity index (χ0n) is 10.5. The van der Waals surface area contributed by atoms with Crippen molar-refractivity contribution in [3.63, 3.8) is 0 Å². The van der Waals surface area contributed by atoms with E-state index < -0.39 is 0 Å². The van der Waals surface area contributed by atoms with Gasteiger partial charge >= 0.3 is 0 Å². The molecule has 17 heavy (non-hydrogen) atoms. The summed E-state index contributed by atoms with van der Waals surface area (Å²) >= 11 is 0. The van der Waals surface area contributed by atoms with Crippen LogP contribution in [0, 0.1) is 5.92 Å². The predicted molar refractivity (Wildman–Crippen MR) is 68.3 cm³/mol. The second-order valence-corrected chi connectivity index (χ2v) is 5.41. The Hall–Kier alpha value is -1.57. The largest absolute Gasteiger partial charge is 0.349 e. The second kappa shape index (κ2) is 3.46. The first-order valence-corrected chi connectivity index (χ1v) is 6.25. The molecule has 88 valence electrons. The molecule has 0 aliphatic heterocycles. The van der Waals surface area contributed by atoms with Crippen LogP contribution in [0.2, 0.25) is 0 Å². The number of amides is 1. The molecule has 0 aromatic rings. The molecule has 1 N–H and O–H groups in total. The van der Waals surface area contributed by atoms with Crippen LogP contribution in [0.4, 0.5) is 0 Å². The molecule has 0 radical (unpaired) electrons. The van der Waals surface area contributed by atoms with E-state index in [2.05, 4.69) is 38.2 Å².